The quantitative estimate of drug-likeness (QED) is 0.0654. The van der Waals surface area contributed by atoms with Gasteiger partial charge in [-0.3, -0.25) is 10.1 Å². The van der Waals surface area contributed by atoms with Crippen LogP contribution in [0.5, 0.6) is 5.75 Å². The van der Waals surface area contributed by atoms with E-state index in [1.807, 2.05) is 77.3 Å². The van der Waals surface area contributed by atoms with E-state index in [0.717, 1.165) is 105 Å². The Morgan fingerprint density at radius 2 is 1.79 bits per heavy atom. The largest absolute Gasteiger partial charge is 0.494 e. The average molecular weight is 756 g/mol. The van der Waals surface area contributed by atoms with Crippen molar-refractivity contribution in [3.63, 3.8) is 0 Å². The highest BCUT2D eigenvalue weighted by molar-refractivity contribution is 6.34. The molecule has 0 amide bonds. The molecule has 0 aliphatic heterocycles. The van der Waals surface area contributed by atoms with Gasteiger partial charge in [-0.25, -0.2) is 4.79 Å². The molecule has 5 rings (SSSR count). The molecule has 3 aromatic carbocycles. The molecule has 278 valence electrons. The Balaban J connectivity index is 1.52. The third-order valence-corrected chi connectivity index (χ3v) is 10.1. The number of hydrogen-bond donors (Lipinski definition) is 4. The van der Waals surface area contributed by atoms with Crippen molar-refractivity contribution in [2.45, 2.75) is 53.5 Å². The highest BCUT2D eigenvalue weighted by Gasteiger charge is 2.22. The standard InChI is InChI=1S/C42H48Cl2N6O3/c1-27-22-35(23-28(2)40(27)44)53-21-9-13-32(12-8-19-50(20-18-45-5)34-14-6-11-33(24-34)42(51)52)36-15-16-37(43)39(38-29(3)48-49-30(38)4)41(36)47-26-31-10-7-17-46-25-31/h6-7,10-12,14-17,22-25,45,47H,8-9,13,18-21,26H2,1-5H3,(H,48,49)(H,51,52)/b32-12+. The molecule has 5 aromatic rings. The Morgan fingerprint density at radius 1 is 1.00 bits per heavy atom. The minimum atomic E-state index is -0.943. The Hall–Kier alpha value is -4.83. The van der Waals surface area contributed by atoms with Crippen LogP contribution in [0.25, 0.3) is 16.7 Å². The summed E-state index contributed by atoms with van der Waals surface area (Å²) < 4.78 is 6.25. The number of aromatic amines is 1. The van der Waals surface area contributed by atoms with E-state index in [0.29, 0.717) is 24.7 Å². The van der Waals surface area contributed by atoms with Gasteiger partial charge in [0.1, 0.15) is 5.75 Å². The van der Waals surface area contributed by atoms with Crippen molar-refractivity contribution in [2.75, 3.05) is 43.5 Å². The lowest BCUT2D eigenvalue weighted by Gasteiger charge is -2.25. The number of nitrogens with zero attached hydrogens (tertiary/aromatic N) is 3. The maximum atomic E-state index is 11.8. The number of ether oxygens (including phenoxy) is 1. The fourth-order valence-electron chi connectivity index (χ4n) is 6.52. The topological polar surface area (TPSA) is 115 Å². The second-order valence-electron chi connectivity index (χ2n) is 13.2. The Morgan fingerprint density at radius 3 is 2.47 bits per heavy atom. The zero-order chi connectivity index (χ0) is 37.9. The Labute approximate surface area is 322 Å². The van der Waals surface area contributed by atoms with Gasteiger partial charge in [0.15, 0.2) is 0 Å². The first-order valence-corrected chi connectivity index (χ1v) is 18.6. The van der Waals surface area contributed by atoms with Crippen LogP contribution < -0.4 is 20.3 Å². The van der Waals surface area contributed by atoms with E-state index in [4.69, 9.17) is 27.9 Å². The molecular weight excluding hydrogens is 707 g/mol. The maximum Gasteiger partial charge on any atom is 0.335 e. The number of rotatable bonds is 18. The molecule has 4 N–H and O–H groups in total. The maximum absolute atomic E-state index is 11.8. The van der Waals surface area contributed by atoms with Gasteiger partial charge in [0.2, 0.25) is 0 Å². The second kappa shape index (κ2) is 18.8. The van der Waals surface area contributed by atoms with Gasteiger partial charge in [0.25, 0.3) is 0 Å². The molecule has 0 aliphatic carbocycles. The number of carbonyl (C=O) groups is 1. The first kappa shape index (κ1) is 39.4. The van der Waals surface area contributed by atoms with Gasteiger partial charge in [-0.15, -0.1) is 0 Å². The van der Waals surface area contributed by atoms with Crippen molar-refractivity contribution in [1.29, 1.82) is 0 Å². The zero-order valence-corrected chi connectivity index (χ0v) is 32.5. The molecule has 0 saturated heterocycles. The number of H-pyrrole nitrogens is 1. The first-order chi connectivity index (χ1) is 25.6. The number of nitrogens with one attached hydrogen (secondary N) is 3. The fourth-order valence-corrected chi connectivity index (χ4v) is 6.88. The molecule has 0 unspecified atom stereocenters. The van der Waals surface area contributed by atoms with Crippen LogP contribution in [0, 0.1) is 27.7 Å². The normalized spacial score (nSPS) is 11.5. The summed E-state index contributed by atoms with van der Waals surface area (Å²) in [7, 11) is 1.92. The van der Waals surface area contributed by atoms with Crippen molar-refractivity contribution in [3.8, 4) is 16.9 Å². The molecule has 2 aromatic heterocycles. The molecule has 0 aliphatic rings. The lowest BCUT2D eigenvalue weighted by molar-refractivity contribution is 0.0697. The minimum Gasteiger partial charge on any atom is -0.494 e. The Kier molecular flexibility index (Phi) is 14.0. The van der Waals surface area contributed by atoms with E-state index in [1.165, 1.54) is 0 Å². The number of allylic oxidation sites excluding steroid dienone is 1. The molecule has 53 heavy (non-hydrogen) atoms. The summed E-state index contributed by atoms with van der Waals surface area (Å²) in [5.41, 5.74) is 10.9. The van der Waals surface area contributed by atoms with Crippen LogP contribution in [0.2, 0.25) is 10.0 Å². The van der Waals surface area contributed by atoms with Gasteiger partial charge in [0.05, 0.1) is 28.6 Å². The molecular formula is C42H48Cl2N6O3. The number of pyridine rings is 1. The minimum absolute atomic E-state index is 0.266. The van der Waals surface area contributed by atoms with Gasteiger partial charge in [0, 0.05) is 71.7 Å². The van der Waals surface area contributed by atoms with Gasteiger partial charge in [-0.1, -0.05) is 47.5 Å². The third kappa shape index (κ3) is 10.2. The summed E-state index contributed by atoms with van der Waals surface area (Å²) in [6.45, 7) is 11.2. The SMILES string of the molecule is CNCCN(CC/C=C(\CCCOc1cc(C)c(Cl)c(C)c1)c1ccc(Cl)c(-c2c(C)n[nH]c2C)c1NCc1cccnc1)c1cccc(C(=O)O)c1. The molecule has 0 fully saturated rings. The monoisotopic (exact) mass is 754 g/mol. The molecule has 0 radical (unpaired) electrons. The predicted molar refractivity (Wildman–Crippen MR) is 218 cm³/mol. The van der Waals surface area contributed by atoms with E-state index >= 15 is 0 Å². The summed E-state index contributed by atoms with van der Waals surface area (Å²) in [5.74, 6) is -0.140. The predicted octanol–water partition coefficient (Wildman–Crippen LogP) is 9.68. The summed E-state index contributed by atoms with van der Waals surface area (Å²) in [5, 5.41) is 25.7. The highest BCUT2D eigenvalue weighted by atomic mass is 35.5. The van der Waals surface area contributed by atoms with Crippen LogP contribution >= 0.6 is 23.2 Å². The number of halogens is 2. The van der Waals surface area contributed by atoms with Gasteiger partial charge < -0.3 is 25.4 Å². The fraction of sp³-hybridized carbons (Fsp3) is 0.310. The molecule has 0 spiro atoms. The van der Waals surface area contributed by atoms with Crippen LogP contribution in [0.15, 0.2) is 79.1 Å². The van der Waals surface area contributed by atoms with Crippen molar-refractivity contribution in [2.24, 2.45) is 0 Å². The van der Waals surface area contributed by atoms with Crippen molar-refractivity contribution >= 4 is 46.1 Å². The molecule has 0 bridgehead atoms. The number of aryl methyl sites for hydroxylation is 4. The number of hydrogen-bond acceptors (Lipinski definition) is 7. The van der Waals surface area contributed by atoms with Crippen LogP contribution in [-0.4, -0.2) is 59.5 Å². The Bertz CT molecular complexity index is 2000. The number of carboxylic acids is 1. The van der Waals surface area contributed by atoms with Gasteiger partial charge in [-0.2, -0.15) is 5.10 Å². The van der Waals surface area contributed by atoms with Gasteiger partial charge in [-0.05, 0) is 119 Å². The summed E-state index contributed by atoms with van der Waals surface area (Å²) in [6, 6.07) is 19.1. The van der Waals surface area contributed by atoms with E-state index in [1.54, 1.807) is 24.4 Å². The number of carboxylic acid groups (broad SMARTS) is 1. The summed E-state index contributed by atoms with van der Waals surface area (Å²) in [4.78, 5) is 18.3. The summed E-state index contributed by atoms with van der Waals surface area (Å²) >= 11 is 13.5. The third-order valence-electron chi connectivity index (χ3n) is 9.22. The van der Waals surface area contributed by atoms with E-state index in [9.17, 15) is 9.90 Å². The lowest BCUT2D eigenvalue weighted by Crippen LogP contribution is -2.31. The van der Waals surface area contributed by atoms with Crippen molar-refractivity contribution < 1.29 is 14.6 Å². The van der Waals surface area contributed by atoms with Crippen LogP contribution in [-0.2, 0) is 6.54 Å². The average Bonchev–Trinajstić information content (AvgIpc) is 3.48. The molecule has 0 saturated carbocycles. The van der Waals surface area contributed by atoms with Crippen LogP contribution in [0.3, 0.4) is 0 Å². The molecule has 9 nitrogen and oxygen atoms in total. The number of aromatic carboxylic acids is 1. The first-order valence-electron chi connectivity index (χ1n) is 17.9. The number of benzene rings is 3. The molecule has 2 heterocycles. The second-order valence-corrected chi connectivity index (χ2v) is 13.9. The van der Waals surface area contributed by atoms with Crippen molar-refractivity contribution in [1.82, 2.24) is 20.5 Å². The smallest absolute Gasteiger partial charge is 0.335 e. The lowest BCUT2D eigenvalue weighted by atomic mass is 9.92. The number of likely N-dealkylation sites (N-methyl/N-ethyl adjacent to an activating group) is 1. The molecule has 11 heteroatoms. The van der Waals surface area contributed by atoms with Crippen LogP contribution in [0.1, 0.15) is 63.3 Å². The number of aromatic nitrogens is 3. The number of anilines is 2. The van der Waals surface area contributed by atoms with E-state index in [2.05, 4.69) is 42.9 Å². The summed E-state index contributed by atoms with van der Waals surface area (Å²) in [6.07, 6.45) is 8.14. The van der Waals surface area contributed by atoms with Crippen LogP contribution in [0.4, 0.5) is 11.4 Å². The highest BCUT2D eigenvalue weighted by Crippen LogP contribution is 2.43. The van der Waals surface area contributed by atoms with Gasteiger partial charge >= 0.3 is 5.97 Å². The molecule has 0 atom stereocenters. The van der Waals surface area contributed by atoms with E-state index < -0.39 is 5.97 Å². The zero-order valence-electron chi connectivity index (χ0n) is 31.0. The van der Waals surface area contributed by atoms with Crippen molar-refractivity contribution in [3.05, 3.63) is 128 Å². The van der Waals surface area contributed by atoms with E-state index in [-0.39, 0.29) is 5.56 Å².